The van der Waals surface area contributed by atoms with Crippen molar-refractivity contribution >= 4 is 28.6 Å². The monoisotopic (exact) mass is 263 g/mol. The van der Waals surface area contributed by atoms with Crippen molar-refractivity contribution in [2.45, 2.75) is 6.92 Å². The zero-order valence-electron chi connectivity index (χ0n) is 5.84. The van der Waals surface area contributed by atoms with Gasteiger partial charge in [-0.25, -0.2) is 9.78 Å². The maximum Gasteiger partial charge on any atom is 0.354 e. The molecule has 1 aromatic heterocycles. The van der Waals surface area contributed by atoms with Crippen LogP contribution in [0.4, 0.5) is 0 Å². The molecular formula is C7H6INO2. The number of hydrogen-bond donors (Lipinski definition) is 1. The molecule has 0 saturated heterocycles. The first kappa shape index (κ1) is 8.45. The molecule has 1 rings (SSSR count). The van der Waals surface area contributed by atoms with E-state index >= 15 is 0 Å². The fourth-order valence-corrected chi connectivity index (χ4v) is 1.14. The predicted molar refractivity (Wildman–Crippen MR) is 48.7 cm³/mol. The fourth-order valence-electron chi connectivity index (χ4n) is 0.721. The zero-order chi connectivity index (χ0) is 8.43. The molecule has 0 unspecified atom stereocenters. The van der Waals surface area contributed by atoms with Crippen LogP contribution in [-0.2, 0) is 0 Å². The molecule has 0 radical (unpaired) electrons. The lowest BCUT2D eigenvalue weighted by Crippen LogP contribution is -2.03. The summed E-state index contributed by atoms with van der Waals surface area (Å²) in [6.07, 6.45) is 0. The van der Waals surface area contributed by atoms with E-state index in [0.29, 0.717) is 9.26 Å². The summed E-state index contributed by atoms with van der Waals surface area (Å²) >= 11 is 1.98. The number of aromatic nitrogens is 1. The van der Waals surface area contributed by atoms with E-state index in [1.165, 1.54) is 0 Å². The molecule has 0 bridgehead atoms. The Morgan fingerprint density at radius 3 is 2.73 bits per heavy atom. The topological polar surface area (TPSA) is 50.2 Å². The van der Waals surface area contributed by atoms with Gasteiger partial charge < -0.3 is 5.11 Å². The number of pyridine rings is 1. The third-order valence-electron chi connectivity index (χ3n) is 1.27. The van der Waals surface area contributed by atoms with Gasteiger partial charge in [-0.3, -0.25) is 0 Å². The molecule has 0 aliphatic heterocycles. The largest absolute Gasteiger partial charge is 0.477 e. The molecule has 58 valence electrons. The molecule has 0 aliphatic rings. The molecular weight excluding hydrogens is 257 g/mol. The number of nitrogens with zero attached hydrogens (tertiary/aromatic N) is 1. The number of aromatic carboxylic acids is 1. The summed E-state index contributed by atoms with van der Waals surface area (Å²) in [5.74, 6) is -0.971. The van der Waals surface area contributed by atoms with Crippen LogP contribution in [-0.4, -0.2) is 16.1 Å². The van der Waals surface area contributed by atoms with Crippen LogP contribution in [0.5, 0.6) is 0 Å². The van der Waals surface area contributed by atoms with E-state index in [-0.39, 0.29) is 5.69 Å². The number of aryl methyl sites for hydroxylation is 1. The van der Waals surface area contributed by atoms with Crippen LogP contribution in [0, 0.1) is 10.6 Å². The van der Waals surface area contributed by atoms with E-state index < -0.39 is 5.97 Å². The van der Waals surface area contributed by atoms with Gasteiger partial charge in [0.1, 0.15) is 3.70 Å². The maximum absolute atomic E-state index is 10.5. The first-order valence-corrected chi connectivity index (χ1v) is 4.05. The lowest BCUT2D eigenvalue weighted by molar-refractivity contribution is 0.0689. The molecule has 3 nitrogen and oxygen atoms in total. The second kappa shape index (κ2) is 3.17. The standard InChI is InChI=1S/C7H6INO2/c1-4-2-3-5(8)9-6(4)7(10)11/h2-3H,1H3,(H,10,11). The molecule has 1 aromatic rings. The number of carbonyl (C=O) groups is 1. The quantitative estimate of drug-likeness (QED) is 0.619. The average Bonchev–Trinajstić information content (AvgIpc) is 1.94. The van der Waals surface area contributed by atoms with Crippen molar-refractivity contribution in [2.75, 3.05) is 0 Å². The summed E-state index contributed by atoms with van der Waals surface area (Å²) in [6.45, 7) is 1.73. The Labute approximate surface area is 77.6 Å². The van der Waals surface area contributed by atoms with Gasteiger partial charge in [0.05, 0.1) is 0 Å². The Balaban J connectivity index is 3.23. The SMILES string of the molecule is Cc1ccc(I)nc1C(=O)O. The number of halogens is 1. The summed E-state index contributed by atoms with van der Waals surface area (Å²) in [5, 5.41) is 8.62. The number of rotatable bonds is 1. The van der Waals surface area contributed by atoms with Gasteiger partial charge in [-0.1, -0.05) is 6.07 Å². The Morgan fingerprint density at radius 1 is 1.64 bits per heavy atom. The van der Waals surface area contributed by atoms with Crippen molar-refractivity contribution in [3.05, 3.63) is 27.1 Å². The van der Waals surface area contributed by atoms with Gasteiger partial charge in [0.2, 0.25) is 0 Å². The minimum absolute atomic E-state index is 0.136. The Hall–Kier alpha value is -0.650. The molecule has 0 atom stereocenters. The lowest BCUT2D eigenvalue weighted by Gasteiger charge is -1.98. The normalized spacial score (nSPS) is 9.64. The van der Waals surface area contributed by atoms with E-state index in [9.17, 15) is 4.79 Å². The summed E-state index contributed by atoms with van der Waals surface area (Å²) in [7, 11) is 0. The van der Waals surface area contributed by atoms with Gasteiger partial charge in [-0.2, -0.15) is 0 Å². The van der Waals surface area contributed by atoms with Crippen molar-refractivity contribution in [3.8, 4) is 0 Å². The Kier molecular flexibility index (Phi) is 2.43. The van der Waals surface area contributed by atoms with Crippen LogP contribution in [0.3, 0.4) is 0 Å². The summed E-state index contributed by atoms with van der Waals surface area (Å²) < 4.78 is 0.700. The Morgan fingerprint density at radius 2 is 2.27 bits per heavy atom. The van der Waals surface area contributed by atoms with Gasteiger partial charge in [0, 0.05) is 0 Å². The van der Waals surface area contributed by atoms with E-state index in [1.807, 2.05) is 22.6 Å². The molecule has 1 heterocycles. The Bertz CT molecular complexity index is 298. The number of carboxylic acids is 1. The molecule has 11 heavy (non-hydrogen) atoms. The van der Waals surface area contributed by atoms with Crippen LogP contribution in [0.15, 0.2) is 12.1 Å². The zero-order valence-corrected chi connectivity index (χ0v) is 7.99. The van der Waals surface area contributed by atoms with E-state index in [0.717, 1.165) is 0 Å². The first-order valence-electron chi connectivity index (χ1n) is 2.97. The smallest absolute Gasteiger partial charge is 0.354 e. The van der Waals surface area contributed by atoms with E-state index in [4.69, 9.17) is 5.11 Å². The minimum atomic E-state index is -0.971. The molecule has 0 aliphatic carbocycles. The van der Waals surface area contributed by atoms with E-state index in [1.54, 1.807) is 19.1 Å². The van der Waals surface area contributed by atoms with Crippen molar-refractivity contribution in [1.82, 2.24) is 4.98 Å². The van der Waals surface area contributed by atoms with Crippen LogP contribution < -0.4 is 0 Å². The second-order valence-corrected chi connectivity index (χ2v) is 3.21. The highest BCUT2D eigenvalue weighted by atomic mass is 127. The summed E-state index contributed by atoms with van der Waals surface area (Å²) in [5.41, 5.74) is 0.829. The lowest BCUT2D eigenvalue weighted by atomic mass is 10.2. The third-order valence-corrected chi connectivity index (χ3v) is 1.87. The second-order valence-electron chi connectivity index (χ2n) is 2.10. The highest BCUT2D eigenvalue weighted by Gasteiger charge is 2.07. The van der Waals surface area contributed by atoms with Crippen molar-refractivity contribution in [3.63, 3.8) is 0 Å². The first-order chi connectivity index (χ1) is 5.11. The van der Waals surface area contributed by atoms with Crippen LogP contribution in [0.1, 0.15) is 16.1 Å². The van der Waals surface area contributed by atoms with Gasteiger partial charge in [0.15, 0.2) is 5.69 Å². The number of hydrogen-bond acceptors (Lipinski definition) is 2. The average molecular weight is 263 g/mol. The number of carboxylic acid groups (broad SMARTS) is 1. The van der Waals surface area contributed by atoms with Crippen molar-refractivity contribution in [1.29, 1.82) is 0 Å². The van der Waals surface area contributed by atoms with Gasteiger partial charge in [-0.05, 0) is 41.1 Å². The van der Waals surface area contributed by atoms with Crippen LogP contribution in [0.2, 0.25) is 0 Å². The van der Waals surface area contributed by atoms with Gasteiger partial charge in [-0.15, -0.1) is 0 Å². The van der Waals surface area contributed by atoms with E-state index in [2.05, 4.69) is 4.98 Å². The fraction of sp³-hybridized carbons (Fsp3) is 0.143. The maximum atomic E-state index is 10.5. The van der Waals surface area contributed by atoms with Crippen molar-refractivity contribution < 1.29 is 9.90 Å². The summed E-state index contributed by atoms with van der Waals surface area (Å²) in [6, 6.07) is 3.53. The van der Waals surface area contributed by atoms with Crippen LogP contribution >= 0.6 is 22.6 Å². The van der Waals surface area contributed by atoms with Crippen molar-refractivity contribution in [2.24, 2.45) is 0 Å². The highest BCUT2D eigenvalue weighted by Crippen LogP contribution is 2.07. The molecule has 0 amide bonds. The molecule has 0 aromatic carbocycles. The molecule has 1 N–H and O–H groups in total. The highest BCUT2D eigenvalue weighted by molar-refractivity contribution is 14.1. The third kappa shape index (κ3) is 1.89. The van der Waals surface area contributed by atoms with Gasteiger partial charge >= 0.3 is 5.97 Å². The minimum Gasteiger partial charge on any atom is -0.477 e. The molecule has 0 spiro atoms. The molecule has 4 heteroatoms. The molecule has 0 saturated carbocycles. The molecule has 0 fully saturated rings. The van der Waals surface area contributed by atoms with Crippen LogP contribution in [0.25, 0.3) is 0 Å². The van der Waals surface area contributed by atoms with Gasteiger partial charge in [0.25, 0.3) is 0 Å². The predicted octanol–water partition coefficient (Wildman–Crippen LogP) is 1.69. The summed E-state index contributed by atoms with van der Waals surface area (Å²) in [4.78, 5) is 14.4.